The van der Waals surface area contributed by atoms with Crippen molar-refractivity contribution in [2.75, 3.05) is 13.1 Å². The van der Waals surface area contributed by atoms with Gasteiger partial charge in [0.05, 0.1) is 8.66 Å². The Morgan fingerprint density at radius 1 is 1.62 bits per heavy atom. The van der Waals surface area contributed by atoms with Crippen LogP contribution < -0.4 is 0 Å². The molecular weight excluding hydrogens is 286 g/mol. The van der Waals surface area contributed by atoms with Gasteiger partial charge >= 0.3 is 0 Å². The van der Waals surface area contributed by atoms with Crippen molar-refractivity contribution in [3.63, 3.8) is 0 Å². The van der Waals surface area contributed by atoms with Crippen LogP contribution in [0.1, 0.15) is 35.9 Å². The summed E-state index contributed by atoms with van der Waals surface area (Å²) in [5.41, 5.74) is 0. The Bertz CT molecular complexity index is 377. The topological polar surface area (TPSA) is 20.3 Å². The van der Waals surface area contributed by atoms with Gasteiger partial charge in [0.25, 0.3) is 5.91 Å². The van der Waals surface area contributed by atoms with E-state index in [0.29, 0.717) is 0 Å². The second-order valence-electron chi connectivity index (χ2n) is 4.30. The summed E-state index contributed by atoms with van der Waals surface area (Å²) in [6.45, 7) is 4.09. The SMILES string of the molecule is CCCC1CCN(C(=O)c2ccc(Br)s2)C1. The molecule has 2 rings (SSSR count). The van der Waals surface area contributed by atoms with Crippen LogP contribution in [0.2, 0.25) is 0 Å². The molecule has 1 aliphatic rings. The molecule has 1 atom stereocenters. The van der Waals surface area contributed by atoms with Crippen molar-refractivity contribution in [1.29, 1.82) is 0 Å². The number of halogens is 1. The number of nitrogens with zero attached hydrogens (tertiary/aromatic N) is 1. The summed E-state index contributed by atoms with van der Waals surface area (Å²) in [6, 6.07) is 3.85. The Hall–Kier alpha value is -0.350. The van der Waals surface area contributed by atoms with E-state index in [1.165, 1.54) is 30.6 Å². The third-order valence-corrected chi connectivity index (χ3v) is 4.67. The summed E-state index contributed by atoms with van der Waals surface area (Å²) in [4.78, 5) is 15.0. The largest absolute Gasteiger partial charge is 0.338 e. The van der Waals surface area contributed by atoms with Gasteiger partial charge in [-0.1, -0.05) is 13.3 Å². The van der Waals surface area contributed by atoms with Crippen LogP contribution in [0.15, 0.2) is 15.9 Å². The molecule has 1 fully saturated rings. The van der Waals surface area contributed by atoms with Gasteiger partial charge < -0.3 is 4.90 Å². The molecule has 1 aromatic heterocycles. The Morgan fingerprint density at radius 3 is 3.06 bits per heavy atom. The Morgan fingerprint density at radius 2 is 2.44 bits per heavy atom. The number of amides is 1. The second kappa shape index (κ2) is 5.32. The molecule has 88 valence electrons. The average Bonchev–Trinajstić information content (AvgIpc) is 2.87. The molecule has 0 aromatic carbocycles. The van der Waals surface area contributed by atoms with E-state index in [1.54, 1.807) is 0 Å². The van der Waals surface area contributed by atoms with Crippen LogP contribution in [-0.2, 0) is 0 Å². The van der Waals surface area contributed by atoms with Crippen LogP contribution in [0.5, 0.6) is 0 Å². The maximum atomic E-state index is 12.1. The van der Waals surface area contributed by atoms with Gasteiger partial charge in [0.1, 0.15) is 0 Å². The first-order valence-corrected chi connectivity index (χ1v) is 7.36. The fourth-order valence-corrected chi connectivity index (χ4v) is 3.60. The van der Waals surface area contributed by atoms with Gasteiger partial charge in [0, 0.05) is 13.1 Å². The minimum absolute atomic E-state index is 0.203. The summed E-state index contributed by atoms with van der Waals surface area (Å²) in [7, 11) is 0. The van der Waals surface area contributed by atoms with Crippen LogP contribution >= 0.6 is 27.3 Å². The molecule has 0 bridgehead atoms. The van der Waals surface area contributed by atoms with E-state index < -0.39 is 0 Å². The van der Waals surface area contributed by atoms with Crippen molar-refractivity contribution in [1.82, 2.24) is 4.90 Å². The van der Waals surface area contributed by atoms with Gasteiger partial charge in [-0.2, -0.15) is 0 Å². The number of hydrogen-bond acceptors (Lipinski definition) is 2. The monoisotopic (exact) mass is 301 g/mol. The molecule has 1 aromatic rings. The van der Waals surface area contributed by atoms with Crippen molar-refractivity contribution in [3.8, 4) is 0 Å². The summed E-state index contributed by atoms with van der Waals surface area (Å²) < 4.78 is 1.03. The van der Waals surface area contributed by atoms with Crippen LogP contribution in [-0.4, -0.2) is 23.9 Å². The number of carbonyl (C=O) groups is 1. The number of likely N-dealkylation sites (tertiary alicyclic amines) is 1. The van der Waals surface area contributed by atoms with Crippen molar-refractivity contribution in [2.24, 2.45) is 5.92 Å². The normalized spacial score (nSPS) is 20.4. The van der Waals surface area contributed by atoms with Crippen LogP contribution in [0.3, 0.4) is 0 Å². The van der Waals surface area contributed by atoms with Gasteiger partial charge in [-0.05, 0) is 46.8 Å². The van der Waals surface area contributed by atoms with Crippen molar-refractivity contribution in [3.05, 3.63) is 20.8 Å². The molecule has 0 spiro atoms. The first-order chi connectivity index (χ1) is 7.70. The maximum Gasteiger partial charge on any atom is 0.263 e. The summed E-state index contributed by atoms with van der Waals surface area (Å²) in [5.74, 6) is 0.923. The molecule has 2 heterocycles. The van der Waals surface area contributed by atoms with Crippen LogP contribution in [0.25, 0.3) is 0 Å². The third kappa shape index (κ3) is 2.66. The first kappa shape index (κ1) is 12.1. The van der Waals surface area contributed by atoms with Crippen molar-refractivity contribution >= 4 is 33.2 Å². The number of thiophene rings is 1. The Kier molecular flexibility index (Phi) is 4.03. The van der Waals surface area contributed by atoms with Gasteiger partial charge in [0.2, 0.25) is 0 Å². The minimum atomic E-state index is 0.203. The highest BCUT2D eigenvalue weighted by Gasteiger charge is 2.26. The first-order valence-electron chi connectivity index (χ1n) is 5.75. The average molecular weight is 302 g/mol. The maximum absolute atomic E-state index is 12.1. The smallest absolute Gasteiger partial charge is 0.263 e. The summed E-state index contributed by atoms with van der Waals surface area (Å²) >= 11 is 4.92. The lowest BCUT2D eigenvalue weighted by molar-refractivity contribution is 0.0791. The van der Waals surface area contributed by atoms with Crippen molar-refractivity contribution < 1.29 is 4.79 Å². The number of hydrogen-bond donors (Lipinski definition) is 0. The molecular formula is C12H16BrNOS. The van der Waals surface area contributed by atoms with Gasteiger partial charge in [-0.25, -0.2) is 0 Å². The Labute approximate surface area is 109 Å². The molecule has 0 aliphatic carbocycles. The number of carbonyl (C=O) groups excluding carboxylic acids is 1. The van der Waals surface area contributed by atoms with Gasteiger partial charge in [-0.3, -0.25) is 4.79 Å². The highest BCUT2D eigenvalue weighted by Crippen LogP contribution is 2.27. The zero-order valence-electron chi connectivity index (χ0n) is 9.41. The van der Waals surface area contributed by atoms with E-state index in [4.69, 9.17) is 0 Å². The third-order valence-electron chi connectivity index (χ3n) is 3.05. The zero-order chi connectivity index (χ0) is 11.5. The lowest BCUT2D eigenvalue weighted by Gasteiger charge is -2.15. The highest BCUT2D eigenvalue weighted by molar-refractivity contribution is 9.11. The lowest BCUT2D eigenvalue weighted by atomic mass is 10.0. The molecule has 1 saturated heterocycles. The van der Waals surface area contributed by atoms with Gasteiger partial charge in [-0.15, -0.1) is 11.3 Å². The van der Waals surface area contributed by atoms with E-state index >= 15 is 0 Å². The molecule has 1 aliphatic heterocycles. The fourth-order valence-electron chi connectivity index (χ4n) is 2.25. The predicted molar refractivity (Wildman–Crippen MR) is 70.9 cm³/mol. The van der Waals surface area contributed by atoms with E-state index in [9.17, 15) is 4.79 Å². The summed E-state index contributed by atoms with van der Waals surface area (Å²) in [5, 5.41) is 0. The van der Waals surface area contributed by atoms with E-state index in [2.05, 4.69) is 22.9 Å². The van der Waals surface area contributed by atoms with Crippen LogP contribution in [0, 0.1) is 5.92 Å². The quantitative estimate of drug-likeness (QED) is 0.832. The predicted octanol–water partition coefficient (Wildman–Crippen LogP) is 3.77. The molecule has 4 heteroatoms. The molecule has 1 unspecified atom stereocenters. The number of rotatable bonds is 3. The van der Waals surface area contributed by atoms with E-state index in [0.717, 1.165) is 27.7 Å². The second-order valence-corrected chi connectivity index (χ2v) is 6.76. The molecule has 16 heavy (non-hydrogen) atoms. The van der Waals surface area contributed by atoms with Crippen LogP contribution in [0.4, 0.5) is 0 Å². The molecule has 0 radical (unpaired) electrons. The van der Waals surface area contributed by atoms with E-state index in [-0.39, 0.29) is 5.91 Å². The zero-order valence-corrected chi connectivity index (χ0v) is 11.8. The highest BCUT2D eigenvalue weighted by atomic mass is 79.9. The van der Waals surface area contributed by atoms with E-state index in [1.807, 2.05) is 17.0 Å². The molecule has 0 N–H and O–H groups in total. The fraction of sp³-hybridized carbons (Fsp3) is 0.583. The van der Waals surface area contributed by atoms with Gasteiger partial charge in [0.15, 0.2) is 0 Å². The van der Waals surface area contributed by atoms with Crippen molar-refractivity contribution in [2.45, 2.75) is 26.2 Å². The lowest BCUT2D eigenvalue weighted by Crippen LogP contribution is -2.27. The standard InChI is InChI=1S/C12H16BrNOS/c1-2-3-9-6-7-14(8-9)12(15)10-4-5-11(13)16-10/h4-5,9H,2-3,6-8H2,1H3. The molecule has 0 saturated carbocycles. The molecule has 2 nitrogen and oxygen atoms in total. The summed E-state index contributed by atoms with van der Waals surface area (Å²) in [6.07, 6.45) is 3.64. The minimum Gasteiger partial charge on any atom is -0.338 e. The molecule has 1 amide bonds. The Balaban J connectivity index is 1.97.